The van der Waals surface area contributed by atoms with Crippen molar-refractivity contribution in [3.05, 3.63) is 17.0 Å². The number of hydrogen-bond acceptors (Lipinski definition) is 3. The minimum atomic E-state index is -0.172. The van der Waals surface area contributed by atoms with Gasteiger partial charge < -0.3 is 10.6 Å². The number of amides is 1. The number of likely N-dealkylation sites (tertiary alicyclic amines) is 1. The predicted octanol–water partition coefficient (Wildman–Crippen LogP) is 0.990. The average Bonchev–Trinajstić information content (AvgIpc) is 2.49. The Bertz CT molecular complexity index is 472. The molecule has 0 aliphatic carbocycles. The van der Waals surface area contributed by atoms with Gasteiger partial charge in [-0.3, -0.25) is 9.48 Å². The monoisotopic (exact) mass is 250 g/mol. The van der Waals surface area contributed by atoms with E-state index in [0.29, 0.717) is 13.1 Å². The summed E-state index contributed by atoms with van der Waals surface area (Å²) >= 11 is 0. The summed E-state index contributed by atoms with van der Waals surface area (Å²) in [6.45, 7) is 7.24. The highest BCUT2D eigenvalue weighted by atomic mass is 16.2. The molecule has 0 saturated carbocycles. The lowest BCUT2D eigenvalue weighted by atomic mass is 9.86. The van der Waals surface area contributed by atoms with E-state index < -0.39 is 0 Å². The molecule has 1 aromatic heterocycles. The molecule has 1 aliphatic rings. The van der Waals surface area contributed by atoms with Crippen LogP contribution < -0.4 is 5.73 Å². The second-order valence-electron chi connectivity index (χ2n) is 5.44. The summed E-state index contributed by atoms with van der Waals surface area (Å²) in [7, 11) is 1.86. The third-order valence-electron chi connectivity index (χ3n) is 3.77. The maximum Gasteiger partial charge on any atom is 0.257 e. The van der Waals surface area contributed by atoms with Crippen LogP contribution in [-0.2, 0) is 7.05 Å². The summed E-state index contributed by atoms with van der Waals surface area (Å²) in [5.41, 5.74) is 8.46. The van der Waals surface area contributed by atoms with E-state index in [1.165, 1.54) is 0 Å². The second-order valence-corrected chi connectivity index (χ2v) is 5.44. The molecule has 2 heterocycles. The average molecular weight is 250 g/mol. The van der Waals surface area contributed by atoms with Crippen LogP contribution in [0.4, 0.5) is 0 Å². The van der Waals surface area contributed by atoms with E-state index in [2.05, 4.69) is 12.0 Å². The smallest absolute Gasteiger partial charge is 0.257 e. The second kappa shape index (κ2) is 4.39. The van der Waals surface area contributed by atoms with Gasteiger partial charge in [-0.05, 0) is 20.3 Å². The van der Waals surface area contributed by atoms with E-state index in [1.54, 1.807) is 4.68 Å². The molecule has 2 N–H and O–H groups in total. The Kier molecular flexibility index (Phi) is 3.19. The van der Waals surface area contributed by atoms with Gasteiger partial charge >= 0.3 is 0 Å². The van der Waals surface area contributed by atoms with Gasteiger partial charge in [-0.2, -0.15) is 5.10 Å². The summed E-state index contributed by atoms with van der Waals surface area (Å²) in [5.74, 6) is 0.0651. The highest BCUT2D eigenvalue weighted by Gasteiger charge is 2.42. The van der Waals surface area contributed by atoms with Gasteiger partial charge in [0.15, 0.2) is 0 Å². The first-order valence-corrected chi connectivity index (χ1v) is 6.46. The number of nitrogens with zero attached hydrogens (tertiary/aromatic N) is 3. The van der Waals surface area contributed by atoms with Crippen LogP contribution in [0, 0.1) is 13.8 Å². The maximum absolute atomic E-state index is 12.4. The van der Waals surface area contributed by atoms with Crippen molar-refractivity contribution < 1.29 is 4.79 Å². The van der Waals surface area contributed by atoms with Crippen LogP contribution in [0.15, 0.2) is 0 Å². The standard InChI is InChI=1S/C13H22N4O/c1-5-6-13(14)7-17(8-13)12(18)11-9(2)15-16(4)10(11)3/h5-8,14H2,1-4H3. The molecule has 1 saturated heterocycles. The van der Waals surface area contributed by atoms with E-state index >= 15 is 0 Å². The molecule has 1 aromatic rings. The molecule has 0 aromatic carbocycles. The Hall–Kier alpha value is -1.36. The molecule has 0 unspecified atom stereocenters. The Morgan fingerprint density at radius 1 is 1.44 bits per heavy atom. The van der Waals surface area contributed by atoms with E-state index in [1.807, 2.05) is 25.8 Å². The molecule has 1 fully saturated rings. The van der Waals surface area contributed by atoms with Gasteiger partial charge in [0.05, 0.1) is 16.8 Å². The van der Waals surface area contributed by atoms with Crippen molar-refractivity contribution in [3.8, 4) is 0 Å². The van der Waals surface area contributed by atoms with Crippen molar-refractivity contribution in [2.45, 2.75) is 39.2 Å². The van der Waals surface area contributed by atoms with Crippen molar-refractivity contribution in [2.24, 2.45) is 12.8 Å². The van der Waals surface area contributed by atoms with E-state index in [0.717, 1.165) is 29.8 Å². The van der Waals surface area contributed by atoms with Gasteiger partial charge in [-0.15, -0.1) is 0 Å². The lowest BCUT2D eigenvalue weighted by molar-refractivity contribution is 0.0385. The summed E-state index contributed by atoms with van der Waals surface area (Å²) < 4.78 is 1.75. The van der Waals surface area contributed by atoms with Crippen LogP contribution in [-0.4, -0.2) is 39.2 Å². The number of aromatic nitrogens is 2. The number of hydrogen-bond donors (Lipinski definition) is 1. The first kappa shape index (κ1) is 13.1. The SMILES string of the molecule is CCCC1(N)CN(C(=O)c2c(C)nn(C)c2C)C1. The molecule has 5 nitrogen and oxygen atoms in total. The lowest BCUT2D eigenvalue weighted by Gasteiger charge is -2.47. The molecular weight excluding hydrogens is 228 g/mol. The van der Waals surface area contributed by atoms with Crippen molar-refractivity contribution in [3.63, 3.8) is 0 Å². The Morgan fingerprint density at radius 3 is 2.50 bits per heavy atom. The Morgan fingerprint density at radius 2 is 2.06 bits per heavy atom. The van der Waals surface area contributed by atoms with E-state index in [4.69, 9.17) is 5.73 Å². The van der Waals surface area contributed by atoms with Crippen LogP contribution in [0.5, 0.6) is 0 Å². The molecule has 1 aliphatic heterocycles. The molecule has 100 valence electrons. The van der Waals surface area contributed by atoms with Crippen molar-refractivity contribution >= 4 is 5.91 Å². The third kappa shape index (κ3) is 2.03. The zero-order valence-electron chi connectivity index (χ0n) is 11.7. The van der Waals surface area contributed by atoms with E-state index in [-0.39, 0.29) is 11.4 Å². The zero-order chi connectivity index (χ0) is 13.5. The quantitative estimate of drug-likeness (QED) is 0.870. The van der Waals surface area contributed by atoms with E-state index in [9.17, 15) is 4.79 Å². The first-order chi connectivity index (χ1) is 8.38. The normalized spacial score (nSPS) is 17.7. The van der Waals surface area contributed by atoms with Gasteiger partial charge in [0.25, 0.3) is 5.91 Å². The van der Waals surface area contributed by atoms with Gasteiger partial charge in [0, 0.05) is 25.8 Å². The fraction of sp³-hybridized carbons (Fsp3) is 0.692. The molecule has 1 amide bonds. The van der Waals surface area contributed by atoms with Crippen LogP contribution in [0.1, 0.15) is 41.5 Å². The number of carbonyl (C=O) groups is 1. The molecule has 5 heteroatoms. The fourth-order valence-electron chi connectivity index (χ4n) is 2.75. The number of aryl methyl sites for hydroxylation is 2. The molecule has 2 rings (SSSR count). The van der Waals surface area contributed by atoms with Gasteiger partial charge in [-0.1, -0.05) is 13.3 Å². The summed E-state index contributed by atoms with van der Waals surface area (Å²) in [4.78, 5) is 14.2. The van der Waals surface area contributed by atoms with Crippen molar-refractivity contribution in [1.82, 2.24) is 14.7 Å². The molecule has 0 radical (unpaired) electrons. The molecular formula is C13H22N4O. The Balaban J connectivity index is 2.11. The largest absolute Gasteiger partial charge is 0.335 e. The molecule has 0 atom stereocenters. The summed E-state index contributed by atoms with van der Waals surface area (Å²) in [5, 5.41) is 4.28. The highest BCUT2D eigenvalue weighted by molar-refractivity contribution is 5.97. The minimum Gasteiger partial charge on any atom is -0.335 e. The summed E-state index contributed by atoms with van der Waals surface area (Å²) in [6.07, 6.45) is 2.03. The van der Waals surface area contributed by atoms with Crippen LogP contribution in [0.25, 0.3) is 0 Å². The molecule has 0 bridgehead atoms. The highest BCUT2D eigenvalue weighted by Crippen LogP contribution is 2.26. The maximum atomic E-state index is 12.4. The zero-order valence-corrected chi connectivity index (χ0v) is 11.7. The number of carbonyl (C=O) groups excluding carboxylic acids is 1. The first-order valence-electron chi connectivity index (χ1n) is 6.46. The van der Waals surface area contributed by atoms with Gasteiger partial charge in [-0.25, -0.2) is 0 Å². The topological polar surface area (TPSA) is 64.2 Å². The summed E-state index contributed by atoms with van der Waals surface area (Å²) in [6, 6.07) is 0. The van der Waals surface area contributed by atoms with Crippen molar-refractivity contribution in [2.75, 3.05) is 13.1 Å². The Labute approximate surface area is 108 Å². The fourth-order valence-corrected chi connectivity index (χ4v) is 2.75. The van der Waals surface area contributed by atoms with Crippen LogP contribution >= 0.6 is 0 Å². The number of rotatable bonds is 3. The predicted molar refractivity (Wildman–Crippen MR) is 70.4 cm³/mol. The minimum absolute atomic E-state index is 0.0651. The van der Waals surface area contributed by atoms with Gasteiger partial charge in [0.2, 0.25) is 0 Å². The molecule has 18 heavy (non-hydrogen) atoms. The molecule has 0 spiro atoms. The lowest BCUT2D eigenvalue weighted by Crippen LogP contribution is -2.68. The van der Waals surface area contributed by atoms with Crippen LogP contribution in [0.3, 0.4) is 0 Å². The van der Waals surface area contributed by atoms with Gasteiger partial charge in [0.1, 0.15) is 0 Å². The van der Waals surface area contributed by atoms with Crippen LogP contribution in [0.2, 0.25) is 0 Å². The number of nitrogens with two attached hydrogens (primary N) is 1. The van der Waals surface area contributed by atoms with Crippen molar-refractivity contribution in [1.29, 1.82) is 0 Å². The third-order valence-corrected chi connectivity index (χ3v) is 3.77.